The Labute approximate surface area is 134 Å². The summed E-state index contributed by atoms with van der Waals surface area (Å²) in [6.45, 7) is 4.13. The summed E-state index contributed by atoms with van der Waals surface area (Å²) in [6, 6.07) is 8.72. The van der Waals surface area contributed by atoms with E-state index in [1.807, 2.05) is 6.07 Å². The Balaban J connectivity index is 2.87. The van der Waals surface area contributed by atoms with Crippen LogP contribution < -0.4 is 0 Å². The number of benzene rings is 1. The minimum Gasteiger partial charge on any atom is -0.353 e. The van der Waals surface area contributed by atoms with Crippen molar-refractivity contribution in [1.82, 2.24) is 0 Å². The van der Waals surface area contributed by atoms with E-state index >= 15 is 0 Å². The van der Waals surface area contributed by atoms with Crippen LogP contribution >= 0.6 is 0 Å². The molecular weight excluding hydrogens is 300 g/mol. The van der Waals surface area contributed by atoms with Crippen molar-refractivity contribution >= 4 is 10.1 Å². The van der Waals surface area contributed by atoms with Crippen LogP contribution in [-0.2, 0) is 19.8 Å². The average molecular weight is 328 g/mol. The van der Waals surface area contributed by atoms with Gasteiger partial charge in [-0.25, -0.2) is 0 Å². The van der Waals surface area contributed by atoms with Gasteiger partial charge < -0.3 is 4.74 Å². The standard InChI is InChI=1S/C17H28O4S/c1-3-5-6-7-8-12-15-17(21-4-2,22(18,19)20)16-13-10-9-11-14-16/h9-11,13-14H,3-8,12,15H2,1-2H3,(H,18,19,20). The zero-order chi connectivity index (χ0) is 16.5. The molecule has 0 aromatic heterocycles. The van der Waals surface area contributed by atoms with Crippen LogP contribution in [-0.4, -0.2) is 19.6 Å². The first kappa shape index (κ1) is 19.1. The minimum atomic E-state index is -4.36. The summed E-state index contributed by atoms with van der Waals surface area (Å²) in [5.41, 5.74) is 0.493. The monoisotopic (exact) mass is 328 g/mol. The second-order valence-corrected chi connectivity index (χ2v) is 7.15. The van der Waals surface area contributed by atoms with Gasteiger partial charge in [-0.1, -0.05) is 69.4 Å². The summed E-state index contributed by atoms with van der Waals surface area (Å²) < 4.78 is 39.5. The maximum atomic E-state index is 12.0. The molecule has 4 nitrogen and oxygen atoms in total. The summed E-state index contributed by atoms with van der Waals surface area (Å²) in [5.74, 6) is 0. The van der Waals surface area contributed by atoms with Gasteiger partial charge in [-0.2, -0.15) is 8.42 Å². The third kappa shape index (κ3) is 5.07. The molecule has 0 saturated heterocycles. The van der Waals surface area contributed by atoms with Crippen molar-refractivity contribution in [2.45, 2.75) is 63.7 Å². The van der Waals surface area contributed by atoms with E-state index in [1.165, 1.54) is 12.8 Å². The maximum absolute atomic E-state index is 12.0. The molecule has 1 unspecified atom stereocenters. The SMILES string of the molecule is CCCCCCCCC(OCC)(c1ccccc1)S(=O)(=O)O. The summed E-state index contributed by atoms with van der Waals surface area (Å²) >= 11 is 0. The molecule has 0 bridgehead atoms. The molecule has 1 aromatic carbocycles. The Hall–Kier alpha value is -0.910. The molecule has 0 aliphatic carbocycles. The molecule has 0 amide bonds. The smallest absolute Gasteiger partial charge is 0.299 e. The van der Waals surface area contributed by atoms with Crippen LogP contribution in [0.25, 0.3) is 0 Å². The summed E-state index contributed by atoms with van der Waals surface area (Å²) in [6.07, 6.45) is 6.54. The lowest BCUT2D eigenvalue weighted by Crippen LogP contribution is -2.38. The molecular formula is C17H28O4S. The third-order valence-electron chi connectivity index (χ3n) is 3.87. The van der Waals surface area contributed by atoms with E-state index in [0.717, 1.165) is 19.3 Å². The number of rotatable bonds is 11. The Morgan fingerprint density at radius 1 is 1.00 bits per heavy atom. The molecule has 22 heavy (non-hydrogen) atoms. The van der Waals surface area contributed by atoms with Crippen molar-refractivity contribution in [2.24, 2.45) is 0 Å². The van der Waals surface area contributed by atoms with E-state index in [0.29, 0.717) is 12.0 Å². The number of ether oxygens (including phenoxy) is 1. The summed E-state index contributed by atoms with van der Waals surface area (Å²) in [7, 11) is -4.36. The lowest BCUT2D eigenvalue weighted by atomic mass is 10.0. The van der Waals surface area contributed by atoms with Gasteiger partial charge >= 0.3 is 0 Å². The largest absolute Gasteiger partial charge is 0.353 e. The highest BCUT2D eigenvalue weighted by Crippen LogP contribution is 2.36. The van der Waals surface area contributed by atoms with E-state index in [-0.39, 0.29) is 13.0 Å². The summed E-state index contributed by atoms with van der Waals surface area (Å²) in [5, 5.41) is 0. The Bertz CT molecular complexity index is 513. The first-order chi connectivity index (χ1) is 10.5. The highest BCUT2D eigenvalue weighted by atomic mass is 32.2. The molecule has 0 aliphatic heterocycles. The van der Waals surface area contributed by atoms with Crippen LogP contribution in [0.4, 0.5) is 0 Å². The van der Waals surface area contributed by atoms with Gasteiger partial charge in [0.05, 0.1) is 0 Å². The third-order valence-corrected chi connectivity index (χ3v) is 5.26. The van der Waals surface area contributed by atoms with Crippen molar-refractivity contribution in [2.75, 3.05) is 6.61 Å². The highest BCUT2D eigenvalue weighted by Gasteiger charge is 2.45. The molecule has 0 fully saturated rings. The first-order valence-electron chi connectivity index (χ1n) is 8.14. The molecule has 126 valence electrons. The predicted molar refractivity (Wildman–Crippen MR) is 89.3 cm³/mol. The molecule has 5 heteroatoms. The number of unbranched alkanes of at least 4 members (excludes halogenated alkanes) is 5. The molecule has 1 aromatic rings. The molecule has 0 spiro atoms. The highest BCUT2D eigenvalue weighted by molar-refractivity contribution is 7.86. The quantitative estimate of drug-likeness (QED) is 0.479. The molecule has 0 saturated carbocycles. The van der Waals surface area contributed by atoms with Crippen molar-refractivity contribution in [3.05, 3.63) is 35.9 Å². The average Bonchev–Trinajstić information content (AvgIpc) is 2.49. The Morgan fingerprint density at radius 3 is 2.14 bits per heavy atom. The normalized spacial score (nSPS) is 14.7. The van der Waals surface area contributed by atoms with Crippen LogP contribution in [0, 0.1) is 0 Å². The molecule has 0 heterocycles. The van der Waals surface area contributed by atoms with Gasteiger partial charge in [0, 0.05) is 12.2 Å². The Morgan fingerprint density at radius 2 is 1.59 bits per heavy atom. The zero-order valence-corrected chi connectivity index (χ0v) is 14.4. The van der Waals surface area contributed by atoms with E-state index in [4.69, 9.17) is 4.74 Å². The molecule has 1 N–H and O–H groups in total. The van der Waals surface area contributed by atoms with Gasteiger partial charge in [0.25, 0.3) is 10.1 Å². The summed E-state index contributed by atoms with van der Waals surface area (Å²) in [4.78, 5) is -1.65. The topological polar surface area (TPSA) is 63.6 Å². The molecule has 1 atom stereocenters. The van der Waals surface area contributed by atoms with Gasteiger partial charge in [0.2, 0.25) is 4.93 Å². The van der Waals surface area contributed by atoms with Crippen molar-refractivity contribution in [1.29, 1.82) is 0 Å². The fourth-order valence-corrected chi connectivity index (χ4v) is 3.82. The number of hydrogen-bond donors (Lipinski definition) is 1. The molecule has 0 radical (unpaired) electrons. The van der Waals surface area contributed by atoms with Crippen molar-refractivity contribution in [3.8, 4) is 0 Å². The second kappa shape index (κ2) is 9.28. The lowest BCUT2D eigenvalue weighted by Gasteiger charge is -2.31. The van der Waals surface area contributed by atoms with Crippen LogP contribution in [0.3, 0.4) is 0 Å². The predicted octanol–water partition coefficient (Wildman–Crippen LogP) is 4.51. The minimum absolute atomic E-state index is 0.227. The van der Waals surface area contributed by atoms with Crippen LogP contribution in [0.2, 0.25) is 0 Å². The van der Waals surface area contributed by atoms with Gasteiger partial charge in [-0.15, -0.1) is 0 Å². The van der Waals surface area contributed by atoms with Gasteiger partial charge in [0.15, 0.2) is 0 Å². The number of hydrogen-bond acceptors (Lipinski definition) is 3. The van der Waals surface area contributed by atoms with Crippen LogP contribution in [0.5, 0.6) is 0 Å². The van der Waals surface area contributed by atoms with Crippen LogP contribution in [0.15, 0.2) is 30.3 Å². The first-order valence-corrected chi connectivity index (χ1v) is 9.58. The fourth-order valence-electron chi connectivity index (χ4n) is 2.72. The van der Waals surface area contributed by atoms with E-state index in [9.17, 15) is 13.0 Å². The van der Waals surface area contributed by atoms with Crippen LogP contribution in [0.1, 0.15) is 64.4 Å². The van der Waals surface area contributed by atoms with Gasteiger partial charge in [0.1, 0.15) is 0 Å². The molecule has 0 aliphatic rings. The fraction of sp³-hybridized carbons (Fsp3) is 0.647. The second-order valence-electron chi connectivity index (χ2n) is 5.54. The Kier molecular flexibility index (Phi) is 8.07. The van der Waals surface area contributed by atoms with Crippen molar-refractivity contribution in [3.63, 3.8) is 0 Å². The van der Waals surface area contributed by atoms with E-state index < -0.39 is 15.1 Å². The zero-order valence-electron chi connectivity index (χ0n) is 13.6. The van der Waals surface area contributed by atoms with Gasteiger partial charge in [-0.3, -0.25) is 4.55 Å². The van der Waals surface area contributed by atoms with E-state index in [2.05, 4.69) is 6.92 Å². The maximum Gasteiger partial charge on any atom is 0.299 e. The molecule has 1 rings (SSSR count). The van der Waals surface area contributed by atoms with E-state index in [1.54, 1.807) is 31.2 Å². The van der Waals surface area contributed by atoms with Crippen molar-refractivity contribution < 1.29 is 17.7 Å². The lowest BCUT2D eigenvalue weighted by molar-refractivity contribution is 0.00805. The van der Waals surface area contributed by atoms with Gasteiger partial charge in [-0.05, 0) is 19.8 Å².